The Kier molecular flexibility index (Phi) is 3.84. The second kappa shape index (κ2) is 6.14. The zero-order valence-corrected chi connectivity index (χ0v) is 15.3. The van der Waals surface area contributed by atoms with E-state index in [0.29, 0.717) is 48.2 Å². The van der Waals surface area contributed by atoms with E-state index < -0.39 is 0 Å². The largest absolute Gasteiger partial charge is 0.376 e. The Hall–Kier alpha value is -2.25. The third-order valence-electron chi connectivity index (χ3n) is 5.76. The number of carbonyl (C=O) groups is 1. The van der Waals surface area contributed by atoms with Gasteiger partial charge in [0.05, 0.1) is 24.3 Å². The fraction of sp³-hybridized carbons (Fsp3) is 0.421. The number of amides is 1. The van der Waals surface area contributed by atoms with Gasteiger partial charge < -0.3 is 15.0 Å². The molecule has 1 aliphatic carbocycles. The molecule has 3 aliphatic rings. The number of fused-ring (bicyclic) bond motifs is 1. The molecule has 0 radical (unpaired) electrons. The van der Waals surface area contributed by atoms with Crippen LogP contribution in [0.15, 0.2) is 24.5 Å². The highest BCUT2D eigenvalue weighted by Gasteiger charge is 2.53. The molecule has 3 heterocycles. The van der Waals surface area contributed by atoms with Crippen LogP contribution in [0.2, 0.25) is 5.02 Å². The first-order valence-electron chi connectivity index (χ1n) is 8.99. The molecular formula is C19H18ClFN4O2. The SMILES string of the molecule is O=C(c1cnc(N[C@@H]2Cc3cc(Cl)cc(F)c3C2)nc1)N1CCC12COC2. The van der Waals surface area contributed by atoms with Crippen molar-refractivity contribution in [2.45, 2.75) is 30.8 Å². The minimum Gasteiger partial charge on any atom is -0.376 e. The Balaban J connectivity index is 1.25. The summed E-state index contributed by atoms with van der Waals surface area (Å²) in [5.41, 5.74) is 1.97. The highest BCUT2D eigenvalue weighted by atomic mass is 35.5. The minimum absolute atomic E-state index is 0.000273. The summed E-state index contributed by atoms with van der Waals surface area (Å²) in [5, 5.41) is 3.63. The number of halogens is 2. The van der Waals surface area contributed by atoms with Crippen LogP contribution in [0.3, 0.4) is 0 Å². The van der Waals surface area contributed by atoms with Gasteiger partial charge in [-0.1, -0.05) is 11.6 Å². The Bertz CT molecular complexity index is 911. The van der Waals surface area contributed by atoms with Crippen LogP contribution < -0.4 is 5.32 Å². The summed E-state index contributed by atoms with van der Waals surface area (Å²) in [6.45, 7) is 1.97. The first kappa shape index (κ1) is 16.9. The van der Waals surface area contributed by atoms with E-state index in [-0.39, 0.29) is 23.3 Å². The fourth-order valence-electron chi connectivity index (χ4n) is 4.10. The van der Waals surface area contributed by atoms with Gasteiger partial charge in [0.1, 0.15) is 5.82 Å². The van der Waals surface area contributed by atoms with Crippen molar-refractivity contribution in [2.24, 2.45) is 0 Å². The van der Waals surface area contributed by atoms with E-state index in [4.69, 9.17) is 16.3 Å². The molecule has 8 heteroatoms. The van der Waals surface area contributed by atoms with Crippen LogP contribution in [0.25, 0.3) is 0 Å². The van der Waals surface area contributed by atoms with Crippen molar-refractivity contribution < 1.29 is 13.9 Å². The Morgan fingerprint density at radius 2 is 2.07 bits per heavy atom. The molecule has 140 valence electrons. The molecule has 1 amide bonds. The van der Waals surface area contributed by atoms with Crippen molar-refractivity contribution in [3.63, 3.8) is 0 Å². The molecule has 2 saturated heterocycles. The van der Waals surface area contributed by atoms with Crippen LogP contribution in [0.1, 0.15) is 27.9 Å². The lowest BCUT2D eigenvalue weighted by molar-refractivity contribution is -0.172. The molecular weight excluding hydrogens is 371 g/mol. The molecule has 0 bridgehead atoms. The summed E-state index contributed by atoms with van der Waals surface area (Å²) < 4.78 is 19.3. The topological polar surface area (TPSA) is 67.4 Å². The molecule has 0 saturated carbocycles. The smallest absolute Gasteiger partial charge is 0.257 e. The maximum Gasteiger partial charge on any atom is 0.257 e. The summed E-state index contributed by atoms with van der Waals surface area (Å²) in [7, 11) is 0. The number of nitrogens with zero attached hydrogens (tertiary/aromatic N) is 3. The summed E-state index contributed by atoms with van der Waals surface area (Å²) in [5.74, 6) is 0.106. The van der Waals surface area contributed by atoms with Crippen LogP contribution in [0, 0.1) is 5.82 Å². The molecule has 1 aromatic heterocycles. The lowest BCUT2D eigenvalue weighted by atomic mass is 9.82. The van der Waals surface area contributed by atoms with Crippen LogP contribution in [0.4, 0.5) is 10.3 Å². The highest BCUT2D eigenvalue weighted by Crippen LogP contribution is 2.38. The molecule has 2 aliphatic heterocycles. The first-order valence-corrected chi connectivity index (χ1v) is 9.37. The van der Waals surface area contributed by atoms with E-state index in [9.17, 15) is 9.18 Å². The summed E-state index contributed by atoms with van der Waals surface area (Å²) in [6, 6.07) is 3.15. The summed E-state index contributed by atoms with van der Waals surface area (Å²) in [6.07, 6.45) is 5.29. The van der Waals surface area contributed by atoms with Gasteiger partial charge in [0.15, 0.2) is 0 Å². The number of rotatable bonds is 3. The van der Waals surface area contributed by atoms with Crippen LogP contribution >= 0.6 is 11.6 Å². The number of hydrogen-bond donors (Lipinski definition) is 1. The van der Waals surface area contributed by atoms with E-state index in [0.717, 1.165) is 18.5 Å². The van der Waals surface area contributed by atoms with Gasteiger partial charge in [-0.15, -0.1) is 0 Å². The fourth-order valence-corrected chi connectivity index (χ4v) is 4.33. The van der Waals surface area contributed by atoms with Gasteiger partial charge in [-0.05, 0) is 42.5 Å². The molecule has 1 aromatic carbocycles. The maximum absolute atomic E-state index is 14.0. The van der Waals surface area contributed by atoms with E-state index >= 15 is 0 Å². The van der Waals surface area contributed by atoms with Crippen molar-refractivity contribution >= 4 is 23.5 Å². The number of hydrogen-bond acceptors (Lipinski definition) is 5. The average Bonchev–Trinajstić information content (AvgIpc) is 2.96. The second-order valence-electron chi connectivity index (χ2n) is 7.49. The normalized spacial score (nSPS) is 22.1. The van der Waals surface area contributed by atoms with Gasteiger partial charge in [-0.3, -0.25) is 4.79 Å². The number of benzene rings is 1. The minimum atomic E-state index is -0.271. The van der Waals surface area contributed by atoms with Gasteiger partial charge >= 0.3 is 0 Å². The monoisotopic (exact) mass is 388 g/mol. The maximum atomic E-state index is 14.0. The molecule has 2 fully saturated rings. The van der Waals surface area contributed by atoms with Gasteiger partial charge in [0.2, 0.25) is 5.95 Å². The average molecular weight is 389 g/mol. The van der Waals surface area contributed by atoms with Crippen LogP contribution in [-0.2, 0) is 17.6 Å². The molecule has 6 nitrogen and oxygen atoms in total. The van der Waals surface area contributed by atoms with Gasteiger partial charge in [-0.2, -0.15) is 0 Å². The van der Waals surface area contributed by atoms with E-state index in [2.05, 4.69) is 15.3 Å². The Morgan fingerprint density at radius 1 is 1.30 bits per heavy atom. The van der Waals surface area contributed by atoms with Gasteiger partial charge in [-0.25, -0.2) is 14.4 Å². The molecule has 2 aromatic rings. The van der Waals surface area contributed by atoms with Crippen molar-refractivity contribution in [1.29, 1.82) is 0 Å². The summed E-state index contributed by atoms with van der Waals surface area (Å²) in [4.78, 5) is 23.0. The number of likely N-dealkylation sites (tertiary alicyclic amines) is 1. The molecule has 1 atom stereocenters. The Morgan fingerprint density at radius 3 is 2.70 bits per heavy atom. The van der Waals surface area contributed by atoms with Gasteiger partial charge in [0, 0.05) is 30.0 Å². The standard InChI is InChI=1S/C19H18ClFN4O2/c20-13-3-11-4-14(6-15(11)16(21)5-13)24-18-22-7-12(8-23-18)17(26)25-2-1-19(25)9-27-10-19/h3,5,7-8,14H,1-2,4,6,9-10H2,(H,22,23,24)/t14-/m1/s1. The van der Waals surface area contributed by atoms with Crippen LogP contribution in [0.5, 0.6) is 0 Å². The lowest BCUT2D eigenvalue weighted by Gasteiger charge is -2.57. The second-order valence-corrected chi connectivity index (χ2v) is 7.93. The van der Waals surface area contributed by atoms with E-state index in [1.807, 2.05) is 4.90 Å². The predicted molar refractivity (Wildman–Crippen MR) is 97.5 cm³/mol. The van der Waals surface area contributed by atoms with E-state index in [1.54, 1.807) is 18.5 Å². The first-order chi connectivity index (χ1) is 13.0. The zero-order chi connectivity index (χ0) is 18.6. The number of ether oxygens (including phenoxy) is 1. The summed E-state index contributed by atoms with van der Waals surface area (Å²) >= 11 is 5.93. The third-order valence-corrected chi connectivity index (χ3v) is 5.98. The Labute approximate surface area is 160 Å². The lowest BCUT2D eigenvalue weighted by Crippen LogP contribution is -2.72. The number of aromatic nitrogens is 2. The predicted octanol–water partition coefficient (Wildman–Crippen LogP) is 2.46. The molecule has 27 heavy (non-hydrogen) atoms. The van der Waals surface area contributed by atoms with Crippen molar-refractivity contribution in [2.75, 3.05) is 25.1 Å². The number of nitrogens with one attached hydrogen (secondary N) is 1. The highest BCUT2D eigenvalue weighted by molar-refractivity contribution is 6.30. The number of anilines is 1. The third kappa shape index (κ3) is 2.76. The van der Waals surface area contributed by atoms with E-state index in [1.165, 1.54) is 6.07 Å². The zero-order valence-electron chi connectivity index (χ0n) is 14.5. The van der Waals surface area contributed by atoms with Crippen LogP contribution in [-0.4, -0.2) is 52.1 Å². The van der Waals surface area contributed by atoms with Crippen molar-refractivity contribution in [3.8, 4) is 0 Å². The number of carbonyl (C=O) groups excluding carboxylic acids is 1. The quantitative estimate of drug-likeness (QED) is 0.874. The molecule has 5 rings (SSSR count). The molecule has 1 spiro atoms. The van der Waals surface area contributed by atoms with Crippen molar-refractivity contribution in [1.82, 2.24) is 14.9 Å². The molecule has 1 N–H and O–H groups in total. The van der Waals surface area contributed by atoms with Gasteiger partial charge in [0.25, 0.3) is 5.91 Å². The van der Waals surface area contributed by atoms with Crippen molar-refractivity contribution in [3.05, 3.63) is 52.1 Å². The molecule has 0 unspecified atom stereocenters.